The predicted octanol–water partition coefficient (Wildman–Crippen LogP) is 5.67. The van der Waals surface area contributed by atoms with Crippen LogP contribution in [0.3, 0.4) is 0 Å². The lowest BCUT2D eigenvalue weighted by molar-refractivity contribution is -0.140. The summed E-state index contributed by atoms with van der Waals surface area (Å²) in [7, 11) is 0. The van der Waals surface area contributed by atoms with E-state index in [0.29, 0.717) is 19.2 Å². The molecule has 0 aliphatic heterocycles. The summed E-state index contributed by atoms with van der Waals surface area (Å²) >= 11 is 0. The maximum absolute atomic E-state index is 14.2. The van der Waals surface area contributed by atoms with Crippen molar-refractivity contribution in [3.63, 3.8) is 0 Å². The Bertz CT molecular complexity index is 518. The Hall–Kier alpha value is -1.59. The molecule has 0 aliphatic carbocycles. The second-order valence-corrected chi connectivity index (χ2v) is 5.87. The van der Waals surface area contributed by atoms with Gasteiger partial charge in [0, 0.05) is 13.1 Å². The van der Waals surface area contributed by atoms with Crippen molar-refractivity contribution in [2.24, 2.45) is 0 Å². The third-order valence-electron chi connectivity index (χ3n) is 3.88. The van der Waals surface area contributed by atoms with Crippen molar-refractivity contribution in [1.29, 1.82) is 0 Å². The van der Waals surface area contributed by atoms with Gasteiger partial charge in [-0.3, -0.25) is 4.79 Å². The van der Waals surface area contributed by atoms with Gasteiger partial charge in [0.15, 0.2) is 0 Å². The third-order valence-corrected chi connectivity index (χ3v) is 3.88. The van der Waals surface area contributed by atoms with Crippen LogP contribution in [-0.2, 0) is 6.18 Å². The molecule has 0 fully saturated rings. The van der Waals surface area contributed by atoms with Crippen LogP contribution in [0.15, 0.2) is 18.2 Å². The van der Waals surface area contributed by atoms with Crippen LogP contribution in [0, 0.1) is 5.82 Å². The van der Waals surface area contributed by atoms with Gasteiger partial charge in [0.25, 0.3) is 5.91 Å². The summed E-state index contributed by atoms with van der Waals surface area (Å²) < 4.78 is 52.7. The fourth-order valence-electron chi connectivity index (χ4n) is 2.51. The quantitative estimate of drug-likeness (QED) is 0.416. The Balaban J connectivity index is 2.99. The highest BCUT2D eigenvalue weighted by Gasteiger charge is 2.36. The Labute approximate surface area is 140 Å². The number of carbonyl (C=O) groups is 1. The summed E-state index contributed by atoms with van der Waals surface area (Å²) in [5, 5.41) is 0. The molecule has 1 amide bonds. The van der Waals surface area contributed by atoms with Crippen LogP contribution in [0.4, 0.5) is 17.6 Å². The van der Waals surface area contributed by atoms with Gasteiger partial charge in [-0.05, 0) is 25.0 Å². The molecule has 0 saturated heterocycles. The molecule has 136 valence electrons. The van der Waals surface area contributed by atoms with Gasteiger partial charge in [-0.25, -0.2) is 4.39 Å². The first-order valence-electron chi connectivity index (χ1n) is 8.47. The summed E-state index contributed by atoms with van der Waals surface area (Å²) in [5.74, 6) is -2.14. The van der Waals surface area contributed by atoms with Gasteiger partial charge in [-0.15, -0.1) is 0 Å². The van der Waals surface area contributed by atoms with Gasteiger partial charge in [-0.1, -0.05) is 45.6 Å². The molecule has 0 aromatic heterocycles. The zero-order chi connectivity index (χ0) is 18.2. The number of unbranched alkanes of at least 4 members (excludes halogenated alkanes) is 4. The maximum atomic E-state index is 14.2. The van der Waals surface area contributed by atoms with Crippen molar-refractivity contribution in [2.45, 2.75) is 58.5 Å². The highest BCUT2D eigenvalue weighted by molar-refractivity contribution is 5.94. The van der Waals surface area contributed by atoms with Crippen LogP contribution in [0.1, 0.15) is 68.3 Å². The average Bonchev–Trinajstić information content (AvgIpc) is 2.52. The first kappa shape index (κ1) is 20.5. The second-order valence-electron chi connectivity index (χ2n) is 5.87. The van der Waals surface area contributed by atoms with E-state index in [2.05, 4.69) is 0 Å². The molecule has 1 rings (SSSR count). The van der Waals surface area contributed by atoms with Gasteiger partial charge < -0.3 is 4.90 Å². The molecule has 0 heterocycles. The number of benzene rings is 1. The summed E-state index contributed by atoms with van der Waals surface area (Å²) in [6.45, 7) is 4.92. The van der Waals surface area contributed by atoms with Gasteiger partial charge >= 0.3 is 6.18 Å². The molecular weight excluding hydrogens is 322 g/mol. The first-order chi connectivity index (χ1) is 11.3. The number of halogens is 4. The van der Waals surface area contributed by atoms with E-state index in [1.54, 1.807) is 0 Å². The van der Waals surface area contributed by atoms with Crippen molar-refractivity contribution < 1.29 is 22.4 Å². The van der Waals surface area contributed by atoms with E-state index in [4.69, 9.17) is 0 Å². The van der Waals surface area contributed by atoms with Gasteiger partial charge in [0.1, 0.15) is 5.82 Å². The zero-order valence-corrected chi connectivity index (χ0v) is 14.3. The van der Waals surface area contributed by atoms with E-state index < -0.39 is 29.0 Å². The van der Waals surface area contributed by atoms with E-state index in [1.165, 1.54) is 4.90 Å². The smallest absolute Gasteiger partial charge is 0.339 e. The highest BCUT2D eigenvalue weighted by atomic mass is 19.4. The summed E-state index contributed by atoms with van der Waals surface area (Å²) in [5.41, 5.74) is -1.90. The first-order valence-corrected chi connectivity index (χ1v) is 8.47. The lowest BCUT2D eigenvalue weighted by Crippen LogP contribution is -2.34. The van der Waals surface area contributed by atoms with Crippen molar-refractivity contribution in [3.8, 4) is 0 Å². The van der Waals surface area contributed by atoms with E-state index in [-0.39, 0.29) is 0 Å². The van der Waals surface area contributed by atoms with Crippen LogP contribution < -0.4 is 0 Å². The number of rotatable bonds is 9. The highest BCUT2D eigenvalue weighted by Crippen LogP contribution is 2.32. The third kappa shape index (κ3) is 5.80. The molecule has 0 aliphatic rings. The lowest BCUT2D eigenvalue weighted by Gasteiger charge is -2.23. The van der Waals surface area contributed by atoms with Gasteiger partial charge in [-0.2, -0.15) is 13.2 Å². The van der Waals surface area contributed by atoms with Crippen LogP contribution in [0.25, 0.3) is 0 Å². The molecule has 2 nitrogen and oxygen atoms in total. The molecule has 0 atom stereocenters. The normalized spacial score (nSPS) is 11.6. The molecule has 1 aromatic carbocycles. The molecule has 6 heteroatoms. The van der Waals surface area contributed by atoms with Gasteiger partial charge in [0.05, 0.1) is 11.1 Å². The van der Waals surface area contributed by atoms with Crippen molar-refractivity contribution in [2.75, 3.05) is 13.1 Å². The van der Waals surface area contributed by atoms with Crippen molar-refractivity contribution in [3.05, 3.63) is 35.1 Å². The summed E-state index contributed by atoms with van der Waals surface area (Å²) in [6, 6.07) is 2.86. The molecule has 0 saturated carbocycles. The van der Waals surface area contributed by atoms with E-state index in [9.17, 15) is 22.4 Å². The summed E-state index contributed by atoms with van der Waals surface area (Å²) in [4.78, 5) is 14.0. The standard InChI is InChI=1S/C18H25F4NO/c1-3-5-7-12-23(13-8-6-4-2)17(24)14-10-9-11-15(16(14)19)18(20,21)22/h9-11H,3-8,12-13H2,1-2H3. The van der Waals surface area contributed by atoms with E-state index in [0.717, 1.165) is 50.7 Å². The van der Waals surface area contributed by atoms with Crippen LogP contribution >= 0.6 is 0 Å². The minimum absolute atomic E-state index is 0.437. The molecule has 0 N–H and O–H groups in total. The number of hydrogen-bond acceptors (Lipinski definition) is 1. The van der Waals surface area contributed by atoms with E-state index >= 15 is 0 Å². The van der Waals surface area contributed by atoms with E-state index in [1.807, 2.05) is 13.8 Å². The molecule has 24 heavy (non-hydrogen) atoms. The molecule has 0 spiro atoms. The minimum atomic E-state index is -4.81. The number of alkyl halides is 3. The van der Waals surface area contributed by atoms with Crippen LogP contribution in [-0.4, -0.2) is 23.9 Å². The minimum Gasteiger partial charge on any atom is -0.339 e. The fraction of sp³-hybridized carbons (Fsp3) is 0.611. The zero-order valence-electron chi connectivity index (χ0n) is 14.3. The Morgan fingerprint density at radius 3 is 2.00 bits per heavy atom. The second kappa shape index (κ2) is 9.64. The van der Waals surface area contributed by atoms with Crippen molar-refractivity contribution in [1.82, 2.24) is 4.90 Å². The molecular formula is C18H25F4NO. The Morgan fingerprint density at radius 2 is 1.54 bits per heavy atom. The number of carbonyl (C=O) groups excluding carboxylic acids is 1. The summed E-state index contributed by atoms with van der Waals surface area (Å²) in [6.07, 6.45) is 0.481. The van der Waals surface area contributed by atoms with Gasteiger partial charge in [0.2, 0.25) is 0 Å². The number of hydrogen-bond donors (Lipinski definition) is 0. The number of amides is 1. The topological polar surface area (TPSA) is 20.3 Å². The Kier molecular flexibility index (Phi) is 8.22. The fourth-order valence-corrected chi connectivity index (χ4v) is 2.51. The monoisotopic (exact) mass is 347 g/mol. The van der Waals surface area contributed by atoms with Crippen molar-refractivity contribution >= 4 is 5.91 Å². The lowest BCUT2D eigenvalue weighted by atomic mass is 10.1. The molecule has 0 unspecified atom stereocenters. The van der Waals surface area contributed by atoms with Crippen LogP contribution in [0.2, 0.25) is 0 Å². The molecule has 0 radical (unpaired) electrons. The predicted molar refractivity (Wildman–Crippen MR) is 86.4 cm³/mol. The molecule has 1 aromatic rings. The SMILES string of the molecule is CCCCCN(CCCCC)C(=O)c1cccc(C(F)(F)F)c1F. The average molecular weight is 347 g/mol. The Morgan fingerprint density at radius 1 is 1.00 bits per heavy atom. The van der Waals surface area contributed by atoms with Crippen LogP contribution in [0.5, 0.6) is 0 Å². The number of nitrogens with zero attached hydrogens (tertiary/aromatic N) is 1. The largest absolute Gasteiger partial charge is 0.419 e. The maximum Gasteiger partial charge on any atom is 0.419 e. The molecule has 0 bridgehead atoms.